The average molecular weight is 247 g/mol. The van der Waals surface area contributed by atoms with Crippen LogP contribution >= 0.6 is 0 Å². The number of nitrogens with two attached hydrogens (primary N) is 1. The zero-order valence-electron chi connectivity index (χ0n) is 10.6. The molecule has 0 aliphatic rings. The molecule has 0 atom stereocenters. The van der Waals surface area contributed by atoms with Crippen molar-refractivity contribution in [2.75, 3.05) is 11.1 Å². The SMILES string of the molecule is CCCn1cc(N)cc1C(=O)Nc1cnn(C)c1. The standard InChI is InChI=1S/C12H17N5O/c1-3-4-17-7-9(13)5-11(17)12(18)15-10-6-14-16(2)8-10/h5-8H,3-4,13H2,1-2H3,(H,15,18). The number of carbonyl (C=O) groups is 1. The molecule has 2 rings (SSSR count). The van der Waals surface area contributed by atoms with Gasteiger partial charge in [-0.3, -0.25) is 9.48 Å². The molecule has 0 saturated heterocycles. The van der Waals surface area contributed by atoms with Crippen molar-refractivity contribution >= 4 is 17.3 Å². The Kier molecular flexibility index (Phi) is 3.36. The summed E-state index contributed by atoms with van der Waals surface area (Å²) in [5.74, 6) is -0.173. The van der Waals surface area contributed by atoms with E-state index in [4.69, 9.17) is 5.73 Å². The summed E-state index contributed by atoms with van der Waals surface area (Å²) >= 11 is 0. The molecule has 0 aliphatic heterocycles. The van der Waals surface area contributed by atoms with E-state index < -0.39 is 0 Å². The minimum Gasteiger partial charge on any atom is -0.397 e. The fourth-order valence-electron chi connectivity index (χ4n) is 1.83. The van der Waals surface area contributed by atoms with Gasteiger partial charge in [-0.1, -0.05) is 6.92 Å². The van der Waals surface area contributed by atoms with Gasteiger partial charge in [0, 0.05) is 26.0 Å². The van der Waals surface area contributed by atoms with Gasteiger partial charge in [0.1, 0.15) is 5.69 Å². The molecular formula is C12H17N5O. The lowest BCUT2D eigenvalue weighted by Crippen LogP contribution is -2.16. The van der Waals surface area contributed by atoms with Gasteiger partial charge in [0.25, 0.3) is 5.91 Å². The van der Waals surface area contributed by atoms with Crippen molar-refractivity contribution in [3.05, 3.63) is 30.4 Å². The minimum atomic E-state index is -0.173. The van der Waals surface area contributed by atoms with E-state index in [-0.39, 0.29) is 5.91 Å². The van der Waals surface area contributed by atoms with Crippen LogP contribution in [0.5, 0.6) is 0 Å². The van der Waals surface area contributed by atoms with Gasteiger partial charge in [0.05, 0.1) is 17.6 Å². The van der Waals surface area contributed by atoms with Crippen LogP contribution in [0.25, 0.3) is 0 Å². The van der Waals surface area contributed by atoms with E-state index in [1.54, 1.807) is 36.4 Å². The average Bonchev–Trinajstić information content (AvgIpc) is 2.86. The summed E-state index contributed by atoms with van der Waals surface area (Å²) in [6.45, 7) is 2.83. The second-order valence-electron chi connectivity index (χ2n) is 4.21. The van der Waals surface area contributed by atoms with Gasteiger partial charge < -0.3 is 15.6 Å². The maximum Gasteiger partial charge on any atom is 0.272 e. The molecule has 0 spiro atoms. The van der Waals surface area contributed by atoms with Crippen LogP contribution in [-0.2, 0) is 13.6 Å². The van der Waals surface area contributed by atoms with E-state index in [9.17, 15) is 4.79 Å². The first kappa shape index (κ1) is 12.2. The topological polar surface area (TPSA) is 77.9 Å². The highest BCUT2D eigenvalue weighted by Crippen LogP contribution is 2.14. The number of hydrogen-bond acceptors (Lipinski definition) is 3. The van der Waals surface area contributed by atoms with Crippen LogP contribution < -0.4 is 11.1 Å². The summed E-state index contributed by atoms with van der Waals surface area (Å²) in [5, 5.41) is 6.79. The maximum atomic E-state index is 12.1. The first-order valence-corrected chi connectivity index (χ1v) is 5.85. The first-order valence-electron chi connectivity index (χ1n) is 5.85. The molecule has 6 heteroatoms. The lowest BCUT2D eigenvalue weighted by molar-refractivity contribution is 0.101. The number of nitrogens with zero attached hydrogens (tertiary/aromatic N) is 3. The third-order valence-electron chi connectivity index (χ3n) is 2.58. The lowest BCUT2D eigenvalue weighted by Gasteiger charge is -2.06. The van der Waals surface area contributed by atoms with Gasteiger partial charge in [-0.15, -0.1) is 0 Å². The van der Waals surface area contributed by atoms with Crippen molar-refractivity contribution in [1.29, 1.82) is 0 Å². The minimum absolute atomic E-state index is 0.173. The van der Waals surface area contributed by atoms with Gasteiger partial charge in [-0.25, -0.2) is 0 Å². The van der Waals surface area contributed by atoms with E-state index in [0.717, 1.165) is 13.0 Å². The number of aryl methyl sites for hydroxylation is 2. The molecule has 18 heavy (non-hydrogen) atoms. The Bertz CT molecular complexity index is 555. The molecule has 0 saturated carbocycles. The Labute approximate surface area is 105 Å². The third-order valence-corrected chi connectivity index (χ3v) is 2.58. The van der Waals surface area contributed by atoms with Crippen LogP contribution in [0.4, 0.5) is 11.4 Å². The molecule has 0 aliphatic carbocycles. The number of aromatic nitrogens is 3. The molecule has 0 unspecified atom stereocenters. The molecule has 0 fully saturated rings. The van der Waals surface area contributed by atoms with Crippen molar-refractivity contribution in [1.82, 2.24) is 14.3 Å². The lowest BCUT2D eigenvalue weighted by atomic mass is 10.3. The quantitative estimate of drug-likeness (QED) is 0.858. The van der Waals surface area contributed by atoms with E-state index in [1.165, 1.54) is 0 Å². The summed E-state index contributed by atoms with van der Waals surface area (Å²) in [6, 6.07) is 1.68. The highest BCUT2D eigenvalue weighted by molar-refractivity contribution is 6.03. The van der Waals surface area contributed by atoms with Gasteiger partial charge in [-0.05, 0) is 12.5 Å². The Hall–Kier alpha value is -2.24. The molecule has 0 aromatic carbocycles. The van der Waals surface area contributed by atoms with E-state index >= 15 is 0 Å². The monoisotopic (exact) mass is 247 g/mol. The van der Waals surface area contributed by atoms with Gasteiger partial charge in [0.2, 0.25) is 0 Å². The maximum absolute atomic E-state index is 12.1. The second-order valence-corrected chi connectivity index (χ2v) is 4.21. The predicted molar refractivity (Wildman–Crippen MR) is 70.3 cm³/mol. The molecule has 96 valence electrons. The zero-order chi connectivity index (χ0) is 13.1. The smallest absolute Gasteiger partial charge is 0.272 e. The van der Waals surface area contributed by atoms with Gasteiger partial charge in [0.15, 0.2) is 0 Å². The first-order chi connectivity index (χ1) is 8.60. The third kappa shape index (κ3) is 2.53. The van der Waals surface area contributed by atoms with Gasteiger partial charge in [-0.2, -0.15) is 5.10 Å². The summed E-state index contributed by atoms with van der Waals surface area (Å²) in [5.41, 5.74) is 7.56. The molecule has 1 amide bonds. The molecular weight excluding hydrogens is 230 g/mol. The fourth-order valence-corrected chi connectivity index (χ4v) is 1.83. The van der Waals surface area contributed by atoms with Gasteiger partial charge >= 0.3 is 0 Å². The van der Waals surface area contributed by atoms with Crippen LogP contribution in [0.15, 0.2) is 24.7 Å². The van der Waals surface area contributed by atoms with E-state index in [1.807, 2.05) is 4.57 Å². The number of amides is 1. The number of rotatable bonds is 4. The van der Waals surface area contributed by atoms with Crippen molar-refractivity contribution in [2.24, 2.45) is 7.05 Å². The molecule has 0 bridgehead atoms. The zero-order valence-corrected chi connectivity index (χ0v) is 10.6. The normalized spacial score (nSPS) is 10.6. The number of hydrogen-bond donors (Lipinski definition) is 2. The van der Waals surface area contributed by atoms with Crippen molar-refractivity contribution in [3.63, 3.8) is 0 Å². The molecule has 6 nitrogen and oxygen atoms in total. The molecule has 3 N–H and O–H groups in total. The Balaban J connectivity index is 2.17. The van der Waals surface area contributed by atoms with Crippen molar-refractivity contribution < 1.29 is 4.79 Å². The summed E-state index contributed by atoms with van der Waals surface area (Å²) in [6.07, 6.45) is 6.08. The fraction of sp³-hybridized carbons (Fsp3) is 0.333. The Morgan fingerprint density at radius 2 is 2.28 bits per heavy atom. The summed E-state index contributed by atoms with van der Waals surface area (Å²) in [7, 11) is 1.80. The predicted octanol–water partition coefficient (Wildman–Crippen LogP) is 1.47. The Morgan fingerprint density at radius 1 is 1.50 bits per heavy atom. The second kappa shape index (κ2) is 4.95. The van der Waals surface area contributed by atoms with Crippen molar-refractivity contribution in [3.8, 4) is 0 Å². The van der Waals surface area contributed by atoms with Crippen LogP contribution in [0.3, 0.4) is 0 Å². The molecule has 2 heterocycles. The van der Waals surface area contributed by atoms with Crippen LogP contribution in [0.2, 0.25) is 0 Å². The van der Waals surface area contributed by atoms with Crippen LogP contribution in [-0.4, -0.2) is 20.3 Å². The summed E-state index contributed by atoms with van der Waals surface area (Å²) < 4.78 is 3.50. The number of anilines is 2. The van der Waals surface area contributed by atoms with Crippen LogP contribution in [0, 0.1) is 0 Å². The van der Waals surface area contributed by atoms with E-state index in [0.29, 0.717) is 17.1 Å². The summed E-state index contributed by atoms with van der Waals surface area (Å²) in [4.78, 5) is 12.1. The van der Waals surface area contributed by atoms with E-state index in [2.05, 4.69) is 17.3 Å². The molecule has 2 aromatic heterocycles. The Morgan fingerprint density at radius 3 is 2.89 bits per heavy atom. The number of nitrogen functional groups attached to an aromatic ring is 1. The van der Waals surface area contributed by atoms with Crippen molar-refractivity contribution in [2.45, 2.75) is 19.9 Å². The highest BCUT2D eigenvalue weighted by atomic mass is 16.2. The molecule has 0 radical (unpaired) electrons. The van der Waals surface area contributed by atoms with Crippen LogP contribution in [0.1, 0.15) is 23.8 Å². The number of nitrogens with one attached hydrogen (secondary N) is 1. The highest BCUT2D eigenvalue weighted by Gasteiger charge is 2.13. The largest absolute Gasteiger partial charge is 0.397 e. The molecule has 2 aromatic rings. The number of carbonyl (C=O) groups excluding carboxylic acids is 1.